The molecular formula is C13H15ClN2O5S. The molecule has 0 aromatic heterocycles. The molecule has 1 aromatic carbocycles. The van der Waals surface area contributed by atoms with Crippen molar-refractivity contribution < 1.29 is 22.7 Å². The molecule has 7 nitrogen and oxygen atoms in total. The van der Waals surface area contributed by atoms with Gasteiger partial charge in [-0.3, -0.25) is 4.79 Å². The van der Waals surface area contributed by atoms with E-state index < -0.39 is 10.0 Å². The predicted octanol–water partition coefficient (Wildman–Crippen LogP) is 0.986. The Morgan fingerprint density at radius 2 is 2.23 bits per heavy atom. The minimum atomic E-state index is -3.76. The van der Waals surface area contributed by atoms with Crippen LogP contribution in [0.3, 0.4) is 0 Å². The van der Waals surface area contributed by atoms with Crippen LogP contribution in [0.1, 0.15) is 6.42 Å². The summed E-state index contributed by atoms with van der Waals surface area (Å²) in [5.41, 5.74) is 0.365. The van der Waals surface area contributed by atoms with Gasteiger partial charge in [0.15, 0.2) is 6.61 Å². The van der Waals surface area contributed by atoms with Gasteiger partial charge in [-0.1, -0.05) is 11.6 Å². The van der Waals surface area contributed by atoms with Crippen molar-refractivity contribution in [2.45, 2.75) is 11.3 Å². The van der Waals surface area contributed by atoms with Gasteiger partial charge in [-0.2, -0.15) is 0 Å². The van der Waals surface area contributed by atoms with Crippen molar-refractivity contribution in [2.75, 3.05) is 31.7 Å². The topological polar surface area (TPSA) is 93.7 Å². The van der Waals surface area contributed by atoms with E-state index in [2.05, 4.69) is 10.0 Å². The molecule has 3 rings (SSSR count). The molecule has 0 saturated carbocycles. The van der Waals surface area contributed by atoms with Crippen molar-refractivity contribution in [3.8, 4) is 5.75 Å². The molecule has 9 heteroatoms. The van der Waals surface area contributed by atoms with Crippen LogP contribution in [0.4, 0.5) is 5.69 Å². The third kappa shape index (κ3) is 3.19. The number of rotatable bonds is 4. The number of carbonyl (C=O) groups excluding carboxylic acids is 1. The second-order valence-electron chi connectivity index (χ2n) is 5.20. The Kier molecular flexibility index (Phi) is 4.26. The van der Waals surface area contributed by atoms with Crippen molar-refractivity contribution in [2.24, 2.45) is 5.92 Å². The number of halogens is 1. The number of ether oxygens (including phenoxy) is 2. The van der Waals surface area contributed by atoms with Gasteiger partial charge in [0.05, 0.1) is 17.3 Å². The summed E-state index contributed by atoms with van der Waals surface area (Å²) in [6, 6.07) is 2.70. The van der Waals surface area contributed by atoms with Crippen LogP contribution in [0.5, 0.6) is 5.75 Å². The first-order valence-electron chi connectivity index (χ1n) is 6.79. The van der Waals surface area contributed by atoms with Crippen LogP contribution in [0.25, 0.3) is 0 Å². The highest BCUT2D eigenvalue weighted by molar-refractivity contribution is 7.89. The van der Waals surface area contributed by atoms with Gasteiger partial charge in [0.25, 0.3) is 5.91 Å². The maximum Gasteiger partial charge on any atom is 0.262 e. The summed E-state index contributed by atoms with van der Waals surface area (Å²) in [6.07, 6.45) is 0.829. The van der Waals surface area contributed by atoms with Crippen molar-refractivity contribution in [1.29, 1.82) is 0 Å². The second-order valence-corrected chi connectivity index (χ2v) is 7.34. The zero-order chi connectivity index (χ0) is 15.7. The average Bonchev–Trinajstić information content (AvgIpc) is 2.97. The number of anilines is 1. The fourth-order valence-corrected chi connectivity index (χ4v) is 3.99. The standard InChI is InChI=1S/C13H15ClN2O5S/c14-9-3-10-11(21-7-13(17)16-10)4-12(9)22(18,19)15-5-8-1-2-20-6-8/h3-4,8,15H,1-2,5-7H2,(H,16,17)/t8-/m0/s1. The molecule has 2 aliphatic heterocycles. The Morgan fingerprint density at radius 3 is 2.95 bits per heavy atom. The molecule has 2 aliphatic rings. The summed E-state index contributed by atoms with van der Waals surface area (Å²) in [5, 5.41) is 2.60. The highest BCUT2D eigenvalue weighted by atomic mass is 35.5. The molecule has 22 heavy (non-hydrogen) atoms. The molecule has 120 valence electrons. The van der Waals surface area contributed by atoms with Crippen molar-refractivity contribution >= 4 is 33.2 Å². The van der Waals surface area contributed by atoms with E-state index in [1.807, 2.05) is 0 Å². The van der Waals surface area contributed by atoms with E-state index in [4.69, 9.17) is 21.1 Å². The predicted molar refractivity (Wildman–Crippen MR) is 79.7 cm³/mol. The van der Waals surface area contributed by atoms with Gasteiger partial charge >= 0.3 is 0 Å². The molecule has 2 N–H and O–H groups in total. The number of benzene rings is 1. The summed E-state index contributed by atoms with van der Waals surface area (Å²) >= 11 is 6.04. The monoisotopic (exact) mass is 346 g/mol. The average molecular weight is 347 g/mol. The molecule has 1 fully saturated rings. The van der Waals surface area contributed by atoms with Gasteiger partial charge < -0.3 is 14.8 Å². The highest BCUT2D eigenvalue weighted by Crippen LogP contribution is 2.35. The summed E-state index contributed by atoms with van der Waals surface area (Å²) in [5.74, 6) is 0.147. The van der Waals surface area contributed by atoms with E-state index in [9.17, 15) is 13.2 Å². The fourth-order valence-electron chi connectivity index (χ4n) is 2.34. The lowest BCUT2D eigenvalue weighted by atomic mass is 10.1. The van der Waals surface area contributed by atoms with Crippen LogP contribution in [-0.2, 0) is 19.6 Å². The number of sulfonamides is 1. The zero-order valence-corrected chi connectivity index (χ0v) is 13.2. The first-order chi connectivity index (χ1) is 10.5. The quantitative estimate of drug-likeness (QED) is 0.847. The van der Waals surface area contributed by atoms with E-state index in [0.717, 1.165) is 6.42 Å². The number of amides is 1. The van der Waals surface area contributed by atoms with Gasteiger partial charge in [0, 0.05) is 19.2 Å². The summed E-state index contributed by atoms with van der Waals surface area (Å²) in [7, 11) is -3.76. The molecule has 0 aliphatic carbocycles. The lowest BCUT2D eigenvalue weighted by molar-refractivity contribution is -0.118. The van der Waals surface area contributed by atoms with Gasteiger partial charge in [0.1, 0.15) is 10.6 Å². The van der Waals surface area contributed by atoms with Gasteiger partial charge in [0.2, 0.25) is 10.0 Å². The number of hydrogen-bond acceptors (Lipinski definition) is 5. The van der Waals surface area contributed by atoms with Crippen LogP contribution in [-0.4, -0.2) is 40.7 Å². The Hall–Kier alpha value is -1.35. The molecule has 2 heterocycles. The van der Waals surface area contributed by atoms with Gasteiger partial charge in [-0.05, 0) is 18.4 Å². The first kappa shape index (κ1) is 15.5. The molecular weight excluding hydrogens is 332 g/mol. The van der Waals surface area contributed by atoms with E-state index in [1.165, 1.54) is 12.1 Å². The molecule has 0 spiro atoms. The molecule has 1 aromatic rings. The van der Waals surface area contributed by atoms with Crippen molar-refractivity contribution in [1.82, 2.24) is 4.72 Å². The number of nitrogens with one attached hydrogen (secondary N) is 2. The van der Waals surface area contributed by atoms with E-state index in [0.29, 0.717) is 25.4 Å². The molecule has 0 bridgehead atoms. The Balaban J connectivity index is 1.82. The van der Waals surface area contributed by atoms with E-state index >= 15 is 0 Å². The van der Waals surface area contributed by atoms with Crippen LogP contribution < -0.4 is 14.8 Å². The van der Waals surface area contributed by atoms with Crippen molar-refractivity contribution in [3.63, 3.8) is 0 Å². The highest BCUT2D eigenvalue weighted by Gasteiger charge is 2.26. The zero-order valence-electron chi connectivity index (χ0n) is 11.6. The van der Waals surface area contributed by atoms with Crippen LogP contribution in [0.15, 0.2) is 17.0 Å². The van der Waals surface area contributed by atoms with Gasteiger partial charge in [-0.15, -0.1) is 0 Å². The maximum absolute atomic E-state index is 12.4. The normalized spacial score (nSPS) is 21.1. The Labute approximate surface area is 133 Å². The minimum absolute atomic E-state index is 0.0275. The number of carbonyl (C=O) groups is 1. The maximum atomic E-state index is 12.4. The Bertz CT molecular complexity index is 701. The minimum Gasteiger partial charge on any atom is -0.482 e. The number of hydrogen-bond donors (Lipinski definition) is 2. The summed E-state index contributed by atoms with van der Waals surface area (Å²) in [4.78, 5) is 11.2. The largest absolute Gasteiger partial charge is 0.482 e. The van der Waals surface area contributed by atoms with Crippen molar-refractivity contribution in [3.05, 3.63) is 17.2 Å². The SMILES string of the molecule is O=C1COc2cc(S(=O)(=O)NC[C@@H]3CCOC3)c(Cl)cc2N1. The first-order valence-corrected chi connectivity index (χ1v) is 8.65. The molecule has 1 atom stereocenters. The fraction of sp³-hybridized carbons (Fsp3) is 0.462. The summed E-state index contributed by atoms with van der Waals surface area (Å²) in [6.45, 7) is 1.35. The second kappa shape index (κ2) is 6.04. The molecule has 0 unspecified atom stereocenters. The lowest BCUT2D eigenvalue weighted by Crippen LogP contribution is -2.30. The molecule has 0 radical (unpaired) electrons. The third-order valence-corrected chi connectivity index (χ3v) is 5.43. The summed E-state index contributed by atoms with van der Waals surface area (Å²) < 4.78 is 37.7. The Morgan fingerprint density at radius 1 is 1.41 bits per heavy atom. The van der Waals surface area contributed by atoms with E-state index in [-0.39, 0.29) is 34.1 Å². The van der Waals surface area contributed by atoms with Crippen LogP contribution >= 0.6 is 11.6 Å². The van der Waals surface area contributed by atoms with Gasteiger partial charge in [-0.25, -0.2) is 13.1 Å². The lowest BCUT2D eigenvalue weighted by Gasteiger charge is -2.19. The van der Waals surface area contributed by atoms with Crippen LogP contribution in [0.2, 0.25) is 5.02 Å². The third-order valence-electron chi connectivity index (χ3n) is 3.54. The van der Waals surface area contributed by atoms with Crippen LogP contribution in [0, 0.1) is 5.92 Å². The van der Waals surface area contributed by atoms with E-state index in [1.54, 1.807) is 0 Å². The molecule has 1 saturated heterocycles. The molecule has 1 amide bonds. The smallest absolute Gasteiger partial charge is 0.262 e. The number of fused-ring (bicyclic) bond motifs is 1.